The van der Waals surface area contributed by atoms with Crippen LogP contribution in [0, 0.1) is 11.6 Å². The first-order valence-corrected chi connectivity index (χ1v) is 10.3. The van der Waals surface area contributed by atoms with Crippen LogP contribution in [0.15, 0.2) is 76.7 Å². The number of benzene rings is 3. The normalized spacial score (nSPS) is 11.4. The highest BCUT2D eigenvalue weighted by molar-refractivity contribution is 7.92. The second-order valence-electron chi connectivity index (χ2n) is 6.01. The number of nitrogens with one attached hydrogen (secondary N) is 2. The van der Waals surface area contributed by atoms with Gasteiger partial charge in [-0.2, -0.15) is 5.10 Å². The maximum atomic E-state index is 13.6. The summed E-state index contributed by atoms with van der Waals surface area (Å²) in [6, 6.07) is 14.2. The molecule has 0 saturated heterocycles. The summed E-state index contributed by atoms with van der Waals surface area (Å²) in [5.74, 6) is -2.29. The van der Waals surface area contributed by atoms with E-state index in [1.54, 1.807) is 0 Å². The van der Waals surface area contributed by atoms with Crippen LogP contribution in [-0.4, -0.2) is 20.5 Å². The molecule has 0 aliphatic carbocycles. The van der Waals surface area contributed by atoms with Gasteiger partial charge in [0.2, 0.25) is 0 Å². The molecular weight excluding hydrogens is 436 g/mol. The summed E-state index contributed by atoms with van der Waals surface area (Å²) >= 11 is 5.78. The number of hydrazone groups is 1. The van der Waals surface area contributed by atoms with Crippen molar-refractivity contribution in [1.29, 1.82) is 0 Å². The van der Waals surface area contributed by atoms with Crippen LogP contribution >= 0.6 is 11.6 Å². The minimum absolute atomic E-state index is 0.0192. The number of carbonyl (C=O) groups excluding carboxylic acids is 1. The van der Waals surface area contributed by atoms with Gasteiger partial charge in [0.25, 0.3) is 15.9 Å². The summed E-state index contributed by atoms with van der Waals surface area (Å²) in [5.41, 5.74) is 2.46. The first-order chi connectivity index (χ1) is 14.2. The lowest BCUT2D eigenvalue weighted by atomic mass is 10.2. The summed E-state index contributed by atoms with van der Waals surface area (Å²) in [4.78, 5) is 12.1. The van der Waals surface area contributed by atoms with Crippen molar-refractivity contribution in [2.24, 2.45) is 5.10 Å². The molecule has 0 atom stereocenters. The van der Waals surface area contributed by atoms with Crippen LogP contribution in [-0.2, 0) is 10.0 Å². The molecule has 3 aromatic rings. The van der Waals surface area contributed by atoms with Gasteiger partial charge in [-0.3, -0.25) is 9.52 Å². The van der Waals surface area contributed by atoms with Crippen molar-refractivity contribution in [3.05, 3.63) is 94.5 Å². The van der Waals surface area contributed by atoms with E-state index in [4.69, 9.17) is 11.6 Å². The van der Waals surface area contributed by atoms with Gasteiger partial charge < -0.3 is 0 Å². The van der Waals surface area contributed by atoms with E-state index in [1.165, 1.54) is 48.5 Å². The molecule has 3 aromatic carbocycles. The van der Waals surface area contributed by atoms with Crippen LogP contribution in [0.5, 0.6) is 0 Å². The van der Waals surface area contributed by atoms with Crippen LogP contribution in [0.4, 0.5) is 14.5 Å². The molecule has 0 aliphatic rings. The number of nitrogens with zero attached hydrogens (tertiary/aromatic N) is 1. The third-order valence-electron chi connectivity index (χ3n) is 3.84. The number of anilines is 1. The van der Waals surface area contributed by atoms with Crippen molar-refractivity contribution in [3.8, 4) is 0 Å². The molecule has 0 aliphatic heterocycles. The van der Waals surface area contributed by atoms with Gasteiger partial charge in [-0.25, -0.2) is 22.6 Å². The highest BCUT2D eigenvalue weighted by Gasteiger charge is 2.16. The molecule has 0 radical (unpaired) electrons. The lowest BCUT2D eigenvalue weighted by molar-refractivity contribution is 0.0955. The van der Waals surface area contributed by atoms with Gasteiger partial charge in [0.15, 0.2) is 0 Å². The predicted molar refractivity (Wildman–Crippen MR) is 110 cm³/mol. The molecule has 1 amide bonds. The first kappa shape index (κ1) is 21.4. The van der Waals surface area contributed by atoms with Crippen molar-refractivity contribution < 1.29 is 22.0 Å². The third-order valence-corrected chi connectivity index (χ3v) is 5.47. The molecule has 0 heterocycles. The summed E-state index contributed by atoms with van der Waals surface area (Å²) in [6.45, 7) is 0. The van der Waals surface area contributed by atoms with Crippen molar-refractivity contribution in [2.45, 2.75) is 4.90 Å². The zero-order chi connectivity index (χ0) is 21.7. The van der Waals surface area contributed by atoms with Crippen molar-refractivity contribution in [2.75, 3.05) is 4.72 Å². The van der Waals surface area contributed by atoms with Crippen LogP contribution in [0.2, 0.25) is 5.02 Å². The van der Waals surface area contributed by atoms with Crippen LogP contribution in [0.25, 0.3) is 0 Å². The summed E-state index contributed by atoms with van der Waals surface area (Å²) < 4.78 is 53.9. The first-order valence-electron chi connectivity index (χ1n) is 8.41. The number of hydrogen-bond donors (Lipinski definition) is 2. The van der Waals surface area contributed by atoms with E-state index >= 15 is 0 Å². The highest BCUT2D eigenvalue weighted by Crippen LogP contribution is 2.19. The van der Waals surface area contributed by atoms with E-state index in [-0.39, 0.29) is 16.0 Å². The quantitative estimate of drug-likeness (QED) is 0.437. The predicted octanol–water partition coefficient (Wildman–Crippen LogP) is 4.18. The van der Waals surface area contributed by atoms with Gasteiger partial charge in [-0.1, -0.05) is 17.7 Å². The SMILES string of the molecule is O=C(N/N=C/c1ccc(F)cc1F)c1cccc(S(=O)(=O)Nc2ccc(Cl)cc2)c1. The fourth-order valence-electron chi connectivity index (χ4n) is 2.37. The van der Waals surface area contributed by atoms with Crippen molar-refractivity contribution >= 4 is 39.4 Å². The Morgan fingerprint density at radius 1 is 1.00 bits per heavy atom. The fourth-order valence-corrected chi connectivity index (χ4v) is 3.60. The lowest BCUT2D eigenvalue weighted by Crippen LogP contribution is -2.19. The minimum Gasteiger partial charge on any atom is -0.280 e. The molecule has 0 unspecified atom stereocenters. The van der Waals surface area contributed by atoms with E-state index in [0.29, 0.717) is 16.8 Å². The molecule has 2 N–H and O–H groups in total. The summed E-state index contributed by atoms with van der Waals surface area (Å²) in [5, 5.41) is 4.07. The number of halogens is 3. The molecule has 3 rings (SSSR count). The average molecular weight is 450 g/mol. The molecule has 0 fully saturated rings. The number of amides is 1. The van der Waals surface area contributed by atoms with E-state index in [1.807, 2.05) is 0 Å². The van der Waals surface area contributed by atoms with Gasteiger partial charge in [0.05, 0.1) is 11.1 Å². The average Bonchev–Trinajstić information content (AvgIpc) is 2.71. The zero-order valence-corrected chi connectivity index (χ0v) is 16.7. The van der Waals surface area contributed by atoms with Gasteiger partial charge >= 0.3 is 0 Å². The number of rotatable bonds is 6. The van der Waals surface area contributed by atoms with Gasteiger partial charge in [0, 0.05) is 27.9 Å². The standard InChI is InChI=1S/C20H14ClF2N3O3S/c21-15-5-8-17(9-6-15)26-30(28,29)18-3-1-2-13(10-18)20(27)25-24-12-14-4-7-16(22)11-19(14)23/h1-12,26H,(H,25,27)/b24-12+. The molecule has 0 saturated carbocycles. The Morgan fingerprint density at radius 3 is 2.43 bits per heavy atom. The largest absolute Gasteiger partial charge is 0.280 e. The van der Waals surface area contributed by atoms with Crippen molar-refractivity contribution in [3.63, 3.8) is 0 Å². The Labute approximate surface area is 176 Å². The van der Waals surface area contributed by atoms with Crippen molar-refractivity contribution in [1.82, 2.24) is 5.43 Å². The van der Waals surface area contributed by atoms with Gasteiger partial charge in [-0.15, -0.1) is 0 Å². The van der Waals surface area contributed by atoms with Crippen LogP contribution < -0.4 is 10.1 Å². The van der Waals surface area contributed by atoms with Gasteiger partial charge in [0.1, 0.15) is 11.6 Å². The molecule has 0 spiro atoms. The van der Waals surface area contributed by atoms with Crippen LogP contribution in [0.3, 0.4) is 0 Å². The smallest absolute Gasteiger partial charge is 0.271 e. The maximum absolute atomic E-state index is 13.6. The summed E-state index contributed by atoms with van der Waals surface area (Å²) in [7, 11) is -3.95. The number of sulfonamides is 1. The monoisotopic (exact) mass is 449 g/mol. The van der Waals surface area contributed by atoms with E-state index in [0.717, 1.165) is 18.3 Å². The highest BCUT2D eigenvalue weighted by atomic mass is 35.5. The molecule has 154 valence electrons. The molecular formula is C20H14ClF2N3O3S. The third kappa shape index (κ3) is 5.40. The Morgan fingerprint density at radius 2 is 1.73 bits per heavy atom. The Bertz CT molecular complexity index is 1220. The Hall–Kier alpha value is -3.30. The number of carbonyl (C=O) groups is 1. The second kappa shape index (κ2) is 9.02. The van der Waals surface area contributed by atoms with E-state index in [9.17, 15) is 22.0 Å². The Kier molecular flexibility index (Phi) is 6.43. The Balaban J connectivity index is 1.73. The minimum atomic E-state index is -3.95. The molecule has 0 aromatic heterocycles. The molecule has 0 bridgehead atoms. The zero-order valence-electron chi connectivity index (χ0n) is 15.1. The molecule has 30 heavy (non-hydrogen) atoms. The fraction of sp³-hybridized carbons (Fsp3) is 0. The number of hydrogen-bond acceptors (Lipinski definition) is 4. The molecule has 10 heteroatoms. The lowest BCUT2D eigenvalue weighted by Gasteiger charge is -2.09. The maximum Gasteiger partial charge on any atom is 0.271 e. The van der Waals surface area contributed by atoms with Gasteiger partial charge in [-0.05, 0) is 54.6 Å². The van der Waals surface area contributed by atoms with Crippen LogP contribution in [0.1, 0.15) is 15.9 Å². The topological polar surface area (TPSA) is 87.6 Å². The van der Waals surface area contributed by atoms with E-state index < -0.39 is 27.6 Å². The molecule has 6 nitrogen and oxygen atoms in total. The second-order valence-corrected chi connectivity index (χ2v) is 8.12. The van der Waals surface area contributed by atoms with E-state index in [2.05, 4.69) is 15.2 Å². The summed E-state index contributed by atoms with van der Waals surface area (Å²) in [6.07, 6.45) is 1.01.